The van der Waals surface area contributed by atoms with Crippen molar-refractivity contribution in [2.45, 2.75) is 64.0 Å². The highest BCUT2D eigenvalue weighted by Crippen LogP contribution is 2.40. The molecule has 0 aromatic rings. The predicted molar refractivity (Wildman–Crippen MR) is 75.6 cm³/mol. The van der Waals surface area contributed by atoms with Crippen molar-refractivity contribution in [1.82, 2.24) is 5.32 Å². The summed E-state index contributed by atoms with van der Waals surface area (Å²) in [5.74, 6) is 3.01. The van der Waals surface area contributed by atoms with E-state index in [0.717, 1.165) is 11.8 Å². The second-order valence-corrected chi connectivity index (χ2v) is 7.37. The Labute approximate surface area is 109 Å². The average Bonchev–Trinajstić information content (AvgIpc) is 3.05. The van der Waals surface area contributed by atoms with E-state index in [0.29, 0.717) is 11.6 Å². The lowest BCUT2D eigenvalue weighted by Gasteiger charge is -2.36. The molecule has 17 heavy (non-hydrogen) atoms. The zero-order valence-corrected chi connectivity index (χ0v) is 11.9. The van der Waals surface area contributed by atoms with Gasteiger partial charge in [-0.2, -0.15) is 0 Å². The minimum Gasteiger partial charge on any atom is -0.359 e. The third-order valence-electron chi connectivity index (χ3n) is 4.57. The van der Waals surface area contributed by atoms with Crippen molar-refractivity contribution in [3.63, 3.8) is 0 Å². The van der Waals surface area contributed by atoms with E-state index in [1.807, 2.05) is 11.8 Å². The van der Waals surface area contributed by atoms with Gasteiger partial charge in [0.2, 0.25) is 0 Å². The van der Waals surface area contributed by atoms with Gasteiger partial charge in [0.15, 0.2) is 5.17 Å². The molecule has 2 nitrogen and oxygen atoms in total. The molecule has 2 saturated carbocycles. The van der Waals surface area contributed by atoms with Crippen LogP contribution < -0.4 is 5.32 Å². The van der Waals surface area contributed by atoms with Crippen LogP contribution in [0.25, 0.3) is 0 Å². The molecule has 0 bridgehead atoms. The summed E-state index contributed by atoms with van der Waals surface area (Å²) in [7, 11) is 0. The van der Waals surface area contributed by atoms with Gasteiger partial charge >= 0.3 is 0 Å². The fourth-order valence-corrected chi connectivity index (χ4v) is 4.63. The quantitative estimate of drug-likeness (QED) is 0.814. The van der Waals surface area contributed by atoms with E-state index in [9.17, 15) is 0 Å². The fraction of sp³-hybridized carbons (Fsp3) is 0.929. The number of hydrogen-bond donors (Lipinski definition) is 1. The fourth-order valence-electron chi connectivity index (χ4n) is 3.35. The lowest BCUT2D eigenvalue weighted by Crippen LogP contribution is -2.47. The van der Waals surface area contributed by atoms with Crippen LogP contribution in [0.1, 0.15) is 52.4 Å². The summed E-state index contributed by atoms with van der Waals surface area (Å²) in [6.07, 6.45) is 8.28. The van der Waals surface area contributed by atoms with Crippen LogP contribution in [0, 0.1) is 11.8 Å². The Morgan fingerprint density at radius 1 is 1.41 bits per heavy atom. The van der Waals surface area contributed by atoms with E-state index in [-0.39, 0.29) is 0 Å². The number of aliphatic imine (C=N–C) groups is 1. The molecule has 0 aromatic heterocycles. The second-order valence-electron chi connectivity index (χ2n) is 6.41. The molecule has 3 rings (SSSR count). The van der Waals surface area contributed by atoms with E-state index < -0.39 is 0 Å². The summed E-state index contributed by atoms with van der Waals surface area (Å²) < 4.78 is 0. The molecule has 3 aliphatic rings. The number of amidine groups is 1. The van der Waals surface area contributed by atoms with Crippen LogP contribution >= 0.6 is 11.8 Å². The van der Waals surface area contributed by atoms with Crippen molar-refractivity contribution < 1.29 is 0 Å². The summed E-state index contributed by atoms with van der Waals surface area (Å²) in [4.78, 5) is 4.88. The second kappa shape index (κ2) is 4.49. The summed E-state index contributed by atoms with van der Waals surface area (Å²) >= 11 is 1.96. The molecule has 3 unspecified atom stereocenters. The smallest absolute Gasteiger partial charge is 0.157 e. The molecule has 3 atom stereocenters. The van der Waals surface area contributed by atoms with Crippen molar-refractivity contribution in [3.05, 3.63) is 0 Å². The molecule has 1 spiro atoms. The Morgan fingerprint density at radius 3 is 2.94 bits per heavy atom. The van der Waals surface area contributed by atoms with Gasteiger partial charge < -0.3 is 5.32 Å². The van der Waals surface area contributed by atoms with Crippen molar-refractivity contribution >= 4 is 16.9 Å². The van der Waals surface area contributed by atoms with E-state index in [4.69, 9.17) is 4.99 Å². The Hall–Kier alpha value is -0.180. The van der Waals surface area contributed by atoms with Gasteiger partial charge in [-0.05, 0) is 44.4 Å². The Balaban J connectivity index is 1.63. The topological polar surface area (TPSA) is 24.4 Å². The maximum atomic E-state index is 4.88. The Bertz CT molecular complexity index is 324. The maximum Gasteiger partial charge on any atom is 0.157 e. The number of hydrogen-bond acceptors (Lipinski definition) is 2. The highest BCUT2D eigenvalue weighted by Gasteiger charge is 2.40. The molecule has 96 valence electrons. The van der Waals surface area contributed by atoms with E-state index in [1.54, 1.807) is 0 Å². The van der Waals surface area contributed by atoms with Crippen molar-refractivity contribution in [1.29, 1.82) is 0 Å². The van der Waals surface area contributed by atoms with Gasteiger partial charge in [-0.1, -0.05) is 31.5 Å². The van der Waals surface area contributed by atoms with Gasteiger partial charge in [0.05, 0.1) is 6.04 Å². The van der Waals surface area contributed by atoms with Gasteiger partial charge in [0, 0.05) is 11.3 Å². The summed E-state index contributed by atoms with van der Waals surface area (Å²) in [6.45, 7) is 4.68. The van der Waals surface area contributed by atoms with Crippen molar-refractivity contribution in [3.8, 4) is 0 Å². The molecule has 3 heteroatoms. The SMILES string of the molecule is CC1CCCC2(CSC(=NC(C)C3CC3)N2)C1. The predicted octanol–water partition coefficient (Wildman–Crippen LogP) is 3.43. The number of nitrogens with zero attached hydrogens (tertiary/aromatic N) is 1. The van der Waals surface area contributed by atoms with Gasteiger partial charge in [0.1, 0.15) is 0 Å². The normalized spacial score (nSPS) is 41.8. The molecule has 0 amide bonds. The molecular weight excluding hydrogens is 228 g/mol. The molecule has 1 heterocycles. The average molecular weight is 252 g/mol. The largest absolute Gasteiger partial charge is 0.359 e. The van der Waals surface area contributed by atoms with Crippen LogP contribution in [0.5, 0.6) is 0 Å². The van der Waals surface area contributed by atoms with E-state index in [2.05, 4.69) is 19.2 Å². The molecule has 1 saturated heterocycles. The van der Waals surface area contributed by atoms with Crippen LogP contribution in [-0.4, -0.2) is 22.5 Å². The molecule has 2 aliphatic carbocycles. The van der Waals surface area contributed by atoms with Crippen molar-refractivity contribution in [2.24, 2.45) is 16.8 Å². The monoisotopic (exact) mass is 252 g/mol. The van der Waals surface area contributed by atoms with Crippen LogP contribution in [-0.2, 0) is 0 Å². The first-order valence-corrected chi connectivity index (χ1v) is 8.14. The highest BCUT2D eigenvalue weighted by molar-refractivity contribution is 8.14. The first-order chi connectivity index (χ1) is 8.17. The van der Waals surface area contributed by atoms with E-state index in [1.165, 1.54) is 49.4 Å². The maximum absolute atomic E-state index is 4.88. The van der Waals surface area contributed by atoms with Gasteiger partial charge in [-0.3, -0.25) is 4.99 Å². The van der Waals surface area contributed by atoms with Gasteiger partial charge in [-0.25, -0.2) is 0 Å². The third-order valence-corrected chi connectivity index (χ3v) is 5.75. The molecular formula is C14H24N2S. The van der Waals surface area contributed by atoms with Crippen molar-refractivity contribution in [2.75, 3.05) is 5.75 Å². The molecule has 1 N–H and O–H groups in total. The first-order valence-electron chi connectivity index (χ1n) is 7.16. The van der Waals surface area contributed by atoms with Gasteiger partial charge in [0.25, 0.3) is 0 Å². The van der Waals surface area contributed by atoms with Crippen LogP contribution in [0.3, 0.4) is 0 Å². The number of rotatable bonds is 2. The summed E-state index contributed by atoms with van der Waals surface area (Å²) in [5, 5.41) is 5.00. The minimum absolute atomic E-state index is 0.393. The standard InChI is InChI=1S/C14H24N2S/c1-10-4-3-7-14(8-10)9-17-13(16-14)15-11(2)12-5-6-12/h10-12H,3-9H2,1-2H3,(H,15,16). The Morgan fingerprint density at radius 2 is 2.24 bits per heavy atom. The zero-order chi connectivity index (χ0) is 11.9. The first kappa shape index (κ1) is 11.9. The molecule has 0 aromatic carbocycles. The third kappa shape index (κ3) is 2.64. The van der Waals surface area contributed by atoms with E-state index >= 15 is 0 Å². The summed E-state index contributed by atoms with van der Waals surface area (Å²) in [6, 6.07) is 0.543. The molecule has 1 aliphatic heterocycles. The minimum atomic E-state index is 0.393. The lowest BCUT2D eigenvalue weighted by atomic mass is 9.78. The molecule has 3 fully saturated rings. The zero-order valence-electron chi connectivity index (χ0n) is 11.0. The summed E-state index contributed by atoms with van der Waals surface area (Å²) in [5.41, 5.74) is 0.393. The number of nitrogens with one attached hydrogen (secondary N) is 1. The van der Waals surface area contributed by atoms with Crippen LogP contribution in [0.2, 0.25) is 0 Å². The number of thioether (sulfide) groups is 1. The van der Waals surface area contributed by atoms with Crippen LogP contribution in [0.15, 0.2) is 4.99 Å². The Kier molecular flexibility index (Phi) is 3.14. The highest BCUT2D eigenvalue weighted by atomic mass is 32.2. The van der Waals surface area contributed by atoms with Crippen LogP contribution in [0.4, 0.5) is 0 Å². The molecule has 0 radical (unpaired) electrons. The van der Waals surface area contributed by atoms with Gasteiger partial charge in [-0.15, -0.1) is 0 Å². The lowest BCUT2D eigenvalue weighted by molar-refractivity contribution is 0.242.